The lowest BCUT2D eigenvalue weighted by Crippen LogP contribution is -2.35. The number of fused-ring (bicyclic) bond motifs is 7. The molecule has 5 atom stereocenters. The summed E-state index contributed by atoms with van der Waals surface area (Å²) < 4.78 is 0. The van der Waals surface area contributed by atoms with Crippen molar-refractivity contribution in [3.05, 3.63) is 94.5 Å². The van der Waals surface area contributed by atoms with Crippen molar-refractivity contribution >= 4 is 17.3 Å². The standard InChI is InChI=1S/C29H30N2O/c1-17-12-18(2)14-23(13-17)30-29(32)22-10-11-25-24(16-22)26-20-8-9-21(15-20)27(26)28(31-25)19-6-4-3-5-7-19/h3-7,10-14,16,20-21,26-28,31H,8-9,15H2,1-2H3,(H,30,32)/t20-,21-,26-,27-,28+/m0/s1. The van der Waals surface area contributed by atoms with E-state index in [0.717, 1.165) is 34.2 Å². The molecule has 3 nitrogen and oxygen atoms in total. The van der Waals surface area contributed by atoms with Crippen LogP contribution < -0.4 is 10.6 Å². The lowest BCUT2D eigenvalue weighted by Gasteiger charge is -2.43. The fourth-order valence-electron chi connectivity index (χ4n) is 6.87. The molecular formula is C29H30N2O. The Bertz CT molecular complexity index is 1160. The number of amides is 1. The zero-order valence-electron chi connectivity index (χ0n) is 18.8. The van der Waals surface area contributed by atoms with E-state index in [1.807, 2.05) is 18.2 Å². The Balaban J connectivity index is 1.34. The third-order valence-corrected chi connectivity index (χ3v) is 7.99. The molecule has 1 heterocycles. The molecule has 3 heteroatoms. The molecule has 3 aliphatic rings. The van der Waals surface area contributed by atoms with Gasteiger partial charge in [-0.3, -0.25) is 4.79 Å². The lowest BCUT2D eigenvalue weighted by atomic mass is 9.68. The molecule has 0 unspecified atom stereocenters. The van der Waals surface area contributed by atoms with Crippen molar-refractivity contribution in [1.29, 1.82) is 0 Å². The maximum Gasteiger partial charge on any atom is 0.255 e. The number of hydrogen-bond acceptors (Lipinski definition) is 2. The number of anilines is 2. The molecule has 6 rings (SSSR count). The lowest BCUT2D eigenvalue weighted by molar-refractivity contribution is 0.102. The van der Waals surface area contributed by atoms with E-state index in [-0.39, 0.29) is 5.91 Å². The molecule has 2 N–H and O–H groups in total. The van der Waals surface area contributed by atoms with E-state index >= 15 is 0 Å². The van der Waals surface area contributed by atoms with Gasteiger partial charge in [-0.2, -0.15) is 0 Å². The molecule has 162 valence electrons. The molecule has 0 aromatic heterocycles. The number of hydrogen-bond donors (Lipinski definition) is 2. The first-order chi connectivity index (χ1) is 15.6. The second kappa shape index (κ2) is 7.51. The fourth-order valence-corrected chi connectivity index (χ4v) is 6.87. The predicted octanol–water partition coefficient (Wildman–Crippen LogP) is 6.85. The summed E-state index contributed by atoms with van der Waals surface area (Å²) in [4.78, 5) is 13.1. The van der Waals surface area contributed by atoms with Crippen LogP contribution in [0.3, 0.4) is 0 Å². The Morgan fingerprint density at radius 3 is 2.44 bits per heavy atom. The van der Waals surface area contributed by atoms with Gasteiger partial charge in [0.1, 0.15) is 0 Å². The number of rotatable bonds is 3. The summed E-state index contributed by atoms with van der Waals surface area (Å²) in [7, 11) is 0. The number of benzene rings is 3. The van der Waals surface area contributed by atoms with Gasteiger partial charge >= 0.3 is 0 Å². The summed E-state index contributed by atoms with van der Waals surface area (Å²) in [6.07, 6.45) is 4.00. The number of carbonyl (C=O) groups excluding carboxylic acids is 1. The zero-order chi connectivity index (χ0) is 21.8. The molecule has 1 aliphatic heterocycles. The minimum absolute atomic E-state index is 0.0253. The summed E-state index contributed by atoms with van der Waals surface area (Å²) in [5.41, 5.74) is 7.88. The minimum Gasteiger partial charge on any atom is -0.378 e. The highest BCUT2D eigenvalue weighted by molar-refractivity contribution is 6.04. The van der Waals surface area contributed by atoms with Crippen LogP contribution in [0.1, 0.15) is 63.8 Å². The second-order valence-electron chi connectivity index (χ2n) is 10.1. The monoisotopic (exact) mass is 422 g/mol. The van der Waals surface area contributed by atoms with Crippen LogP contribution in [0.2, 0.25) is 0 Å². The summed E-state index contributed by atoms with van der Waals surface area (Å²) >= 11 is 0. The minimum atomic E-state index is -0.0253. The van der Waals surface area contributed by atoms with Gasteiger partial charge in [0.2, 0.25) is 0 Å². The van der Waals surface area contributed by atoms with Crippen LogP contribution in [0.4, 0.5) is 11.4 Å². The molecule has 0 saturated heterocycles. The molecule has 1 amide bonds. The molecule has 0 spiro atoms. The smallest absolute Gasteiger partial charge is 0.255 e. The molecular weight excluding hydrogens is 392 g/mol. The SMILES string of the molecule is Cc1cc(C)cc(NC(=O)c2ccc3c(c2)[C@@H]2[C@H]4CC[C@@H](C4)[C@@H]2[C@@H](c2ccccc2)N3)c1. The van der Waals surface area contributed by atoms with Crippen molar-refractivity contribution in [3.8, 4) is 0 Å². The Morgan fingerprint density at radius 2 is 1.66 bits per heavy atom. The van der Waals surface area contributed by atoms with Crippen LogP contribution >= 0.6 is 0 Å². The van der Waals surface area contributed by atoms with Crippen molar-refractivity contribution in [2.24, 2.45) is 17.8 Å². The Kier molecular flexibility index (Phi) is 4.60. The molecule has 3 aromatic carbocycles. The largest absolute Gasteiger partial charge is 0.378 e. The predicted molar refractivity (Wildman–Crippen MR) is 130 cm³/mol. The van der Waals surface area contributed by atoms with E-state index in [1.54, 1.807) is 0 Å². The van der Waals surface area contributed by atoms with Crippen LogP contribution in [-0.2, 0) is 0 Å². The number of aryl methyl sites for hydroxylation is 2. The molecule has 32 heavy (non-hydrogen) atoms. The van der Waals surface area contributed by atoms with Gasteiger partial charge in [-0.1, -0.05) is 36.4 Å². The third-order valence-electron chi connectivity index (χ3n) is 7.99. The Morgan fingerprint density at radius 1 is 0.906 bits per heavy atom. The highest BCUT2D eigenvalue weighted by Crippen LogP contribution is 2.63. The van der Waals surface area contributed by atoms with Crippen LogP contribution in [0.5, 0.6) is 0 Å². The van der Waals surface area contributed by atoms with Crippen LogP contribution in [0, 0.1) is 31.6 Å². The zero-order valence-corrected chi connectivity index (χ0v) is 18.8. The van der Waals surface area contributed by atoms with Crippen LogP contribution in [0.15, 0.2) is 66.7 Å². The molecule has 2 bridgehead atoms. The van der Waals surface area contributed by atoms with Gasteiger partial charge in [0.25, 0.3) is 5.91 Å². The van der Waals surface area contributed by atoms with E-state index in [1.165, 1.54) is 36.1 Å². The van der Waals surface area contributed by atoms with E-state index in [0.29, 0.717) is 17.9 Å². The van der Waals surface area contributed by atoms with Gasteiger partial charge in [0.05, 0.1) is 6.04 Å². The maximum atomic E-state index is 13.1. The average Bonchev–Trinajstić information content (AvgIpc) is 3.41. The van der Waals surface area contributed by atoms with E-state index < -0.39 is 0 Å². The van der Waals surface area contributed by atoms with E-state index in [4.69, 9.17) is 0 Å². The van der Waals surface area contributed by atoms with E-state index in [2.05, 4.69) is 73.0 Å². The molecule has 2 saturated carbocycles. The Hall–Kier alpha value is -3.07. The first kappa shape index (κ1) is 19.6. The molecule has 3 aromatic rings. The summed E-state index contributed by atoms with van der Waals surface area (Å²) in [6, 6.07) is 23.7. The molecule has 2 aliphatic carbocycles. The first-order valence-electron chi connectivity index (χ1n) is 11.9. The van der Waals surface area contributed by atoms with Gasteiger partial charge < -0.3 is 10.6 Å². The van der Waals surface area contributed by atoms with Gasteiger partial charge in [0.15, 0.2) is 0 Å². The number of carbonyl (C=O) groups is 1. The Labute approximate surface area is 190 Å². The quantitative estimate of drug-likeness (QED) is 0.484. The number of nitrogens with one attached hydrogen (secondary N) is 2. The van der Waals surface area contributed by atoms with Gasteiger partial charge in [0, 0.05) is 16.9 Å². The summed E-state index contributed by atoms with van der Waals surface area (Å²) in [5, 5.41) is 6.98. The fraction of sp³-hybridized carbons (Fsp3) is 0.345. The summed E-state index contributed by atoms with van der Waals surface area (Å²) in [5.74, 6) is 2.66. The van der Waals surface area contributed by atoms with E-state index in [9.17, 15) is 4.79 Å². The first-order valence-corrected chi connectivity index (χ1v) is 11.9. The van der Waals surface area contributed by atoms with Crippen molar-refractivity contribution in [2.45, 2.75) is 45.1 Å². The molecule has 2 fully saturated rings. The van der Waals surface area contributed by atoms with Gasteiger partial charge in [-0.25, -0.2) is 0 Å². The maximum absolute atomic E-state index is 13.1. The normalized spacial score (nSPS) is 27.4. The average molecular weight is 423 g/mol. The highest BCUT2D eigenvalue weighted by Gasteiger charge is 2.53. The van der Waals surface area contributed by atoms with Crippen LogP contribution in [-0.4, -0.2) is 5.91 Å². The van der Waals surface area contributed by atoms with Gasteiger partial charge in [-0.15, -0.1) is 0 Å². The van der Waals surface area contributed by atoms with Crippen molar-refractivity contribution in [2.75, 3.05) is 10.6 Å². The summed E-state index contributed by atoms with van der Waals surface area (Å²) in [6.45, 7) is 4.12. The highest BCUT2D eigenvalue weighted by atomic mass is 16.1. The van der Waals surface area contributed by atoms with Crippen molar-refractivity contribution < 1.29 is 4.79 Å². The topological polar surface area (TPSA) is 41.1 Å². The van der Waals surface area contributed by atoms with Gasteiger partial charge in [-0.05, 0) is 109 Å². The second-order valence-corrected chi connectivity index (χ2v) is 10.1. The molecule has 0 radical (unpaired) electrons. The van der Waals surface area contributed by atoms with Crippen molar-refractivity contribution in [3.63, 3.8) is 0 Å². The third kappa shape index (κ3) is 3.23. The van der Waals surface area contributed by atoms with Crippen LogP contribution in [0.25, 0.3) is 0 Å². The van der Waals surface area contributed by atoms with Crippen molar-refractivity contribution in [1.82, 2.24) is 0 Å².